The van der Waals surface area contributed by atoms with Crippen LogP contribution in [0.1, 0.15) is 22.7 Å². The second-order valence-corrected chi connectivity index (χ2v) is 5.37. The molecule has 0 bridgehead atoms. The van der Waals surface area contributed by atoms with E-state index in [0.29, 0.717) is 11.1 Å². The molecule has 0 saturated heterocycles. The van der Waals surface area contributed by atoms with Gasteiger partial charge in [-0.2, -0.15) is 0 Å². The summed E-state index contributed by atoms with van der Waals surface area (Å²) < 4.78 is 41.0. The number of hydrogen-bond donors (Lipinski definition) is 1. The van der Waals surface area contributed by atoms with Crippen molar-refractivity contribution in [3.63, 3.8) is 0 Å². The van der Waals surface area contributed by atoms with Gasteiger partial charge in [-0.3, -0.25) is 0 Å². The van der Waals surface area contributed by atoms with Crippen LogP contribution in [-0.4, -0.2) is 7.05 Å². The van der Waals surface area contributed by atoms with Crippen LogP contribution in [0, 0.1) is 24.4 Å². The lowest BCUT2D eigenvalue weighted by Gasteiger charge is -2.19. The topological polar surface area (TPSA) is 12.0 Å². The molecule has 0 aromatic heterocycles. The van der Waals surface area contributed by atoms with Gasteiger partial charge >= 0.3 is 0 Å². The number of hydrogen-bond acceptors (Lipinski definition) is 1. The fraction of sp³-hybridized carbons (Fsp3) is 0.200. The lowest BCUT2D eigenvalue weighted by atomic mass is 9.97. The van der Waals surface area contributed by atoms with Gasteiger partial charge < -0.3 is 5.32 Å². The highest BCUT2D eigenvalue weighted by Crippen LogP contribution is 2.29. The Morgan fingerprint density at radius 3 is 2.30 bits per heavy atom. The summed E-state index contributed by atoms with van der Waals surface area (Å²) in [5.74, 6) is -1.40. The molecule has 2 aromatic carbocycles. The zero-order valence-electron chi connectivity index (χ0n) is 11.0. The first-order valence-electron chi connectivity index (χ1n) is 6.01. The van der Waals surface area contributed by atoms with Crippen LogP contribution < -0.4 is 5.32 Å². The molecule has 1 atom stereocenters. The highest BCUT2D eigenvalue weighted by atomic mass is 79.9. The minimum Gasteiger partial charge on any atom is -0.309 e. The Hall–Kier alpha value is -1.33. The van der Waals surface area contributed by atoms with E-state index in [1.165, 1.54) is 6.07 Å². The Morgan fingerprint density at radius 2 is 1.70 bits per heavy atom. The molecule has 2 rings (SSSR count). The maximum absolute atomic E-state index is 14.0. The van der Waals surface area contributed by atoms with Crippen molar-refractivity contribution in [2.75, 3.05) is 7.05 Å². The van der Waals surface area contributed by atoms with Gasteiger partial charge in [-0.15, -0.1) is 0 Å². The van der Waals surface area contributed by atoms with Crippen molar-refractivity contribution in [3.05, 3.63) is 68.9 Å². The highest BCUT2D eigenvalue weighted by molar-refractivity contribution is 9.10. The smallest absolute Gasteiger partial charge is 0.137 e. The molecule has 20 heavy (non-hydrogen) atoms. The van der Waals surface area contributed by atoms with Crippen molar-refractivity contribution in [3.8, 4) is 0 Å². The fourth-order valence-electron chi connectivity index (χ4n) is 2.11. The first-order valence-corrected chi connectivity index (χ1v) is 6.81. The van der Waals surface area contributed by atoms with Crippen molar-refractivity contribution in [2.24, 2.45) is 0 Å². The van der Waals surface area contributed by atoms with Crippen molar-refractivity contribution >= 4 is 15.9 Å². The molecule has 0 amide bonds. The molecule has 2 aromatic rings. The largest absolute Gasteiger partial charge is 0.309 e. The molecule has 1 N–H and O–H groups in total. The van der Waals surface area contributed by atoms with E-state index in [1.807, 2.05) is 0 Å². The van der Waals surface area contributed by atoms with Gasteiger partial charge in [-0.05, 0) is 59.2 Å². The van der Waals surface area contributed by atoms with Crippen LogP contribution in [0.4, 0.5) is 13.2 Å². The minimum atomic E-state index is -0.545. The van der Waals surface area contributed by atoms with Gasteiger partial charge in [0, 0.05) is 5.56 Å². The van der Waals surface area contributed by atoms with E-state index >= 15 is 0 Å². The van der Waals surface area contributed by atoms with Crippen molar-refractivity contribution in [2.45, 2.75) is 13.0 Å². The van der Waals surface area contributed by atoms with Gasteiger partial charge in [0.1, 0.15) is 17.5 Å². The summed E-state index contributed by atoms with van der Waals surface area (Å²) in [6.07, 6.45) is 0. The molecule has 0 radical (unpaired) electrons. The zero-order chi connectivity index (χ0) is 14.9. The summed E-state index contributed by atoms with van der Waals surface area (Å²) in [5.41, 5.74) is 1.31. The zero-order valence-corrected chi connectivity index (χ0v) is 12.6. The molecule has 0 aliphatic rings. The molecule has 5 heteroatoms. The van der Waals surface area contributed by atoms with Crippen LogP contribution in [0.5, 0.6) is 0 Å². The molecule has 0 saturated carbocycles. The summed E-state index contributed by atoms with van der Waals surface area (Å²) in [5, 5.41) is 2.92. The molecule has 1 unspecified atom stereocenters. The van der Waals surface area contributed by atoms with E-state index in [2.05, 4.69) is 21.2 Å². The molecule has 0 heterocycles. The summed E-state index contributed by atoms with van der Waals surface area (Å²) in [7, 11) is 1.64. The number of aryl methyl sites for hydroxylation is 1. The van der Waals surface area contributed by atoms with Gasteiger partial charge in [0.25, 0.3) is 0 Å². The lowest BCUT2D eigenvalue weighted by Crippen LogP contribution is -2.19. The predicted molar refractivity (Wildman–Crippen MR) is 76.1 cm³/mol. The van der Waals surface area contributed by atoms with Gasteiger partial charge in [0.2, 0.25) is 0 Å². The second kappa shape index (κ2) is 5.97. The third kappa shape index (κ3) is 2.88. The Kier molecular flexibility index (Phi) is 4.50. The average molecular weight is 344 g/mol. The molecule has 0 aliphatic carbocycles. The maximum atomic E-state index is 14.0. The quantitative estimate of drug-likeness (QED) is 0.810. The SMILES string of the molecule is CNC(c1ccc(F)c(C)c1)c1cc(F)c(Br)cc1F. The van der Waals surface area contributed by atoms with E-state index in [1.54, 1.807) is 26.1 Å². The normalized spacial score (nSPS) is 12.5. The minimum absolute atomic E-state index is 0.0730. The molecule has 0 fully saturated rings. The van der Waals surface area contributed by atoms with Crippen molar-refractivity contribution < 1.29 is 13.2 Å². The van der Waals surface area contributed by atoms with E-state index in [-0.39, 0.29) is 15.9 Å². The number of rotatable bonds is 3. The van der Waals surface area contributed by atoms with Crippen molar-refractivity contribution in [1.82, 2.24) is 5.32 Å². The van der Waals surface area contributed by atoms with Gasteiger partial charge in [0.15, 0.2) is 0 Å². The average Bonchev–Trinajstić information content (AvgIpc) is 2.40. The predicted octanol–water partition coefficient (Wildman–Crippen LogP) is 4.48. The maximum Gasteiger partial charge on any atom is 0.137 e. The standard InChI is InChI=1S/C15H13BrF3N/c1-8-5-9(3-4-12(8)17)15(20-2)10-6-14(19)11(16)7-13(10)18/h3-7,15,20H,1-2H3. The molecule has 106 valence electrons. The van der Waals surface area contributed by atoms with E-state index < -0.39 is 17.7 Å². The first kappa shape index (κ1) is 15.1. The Bertz CT molecular complexity index is 643. The number of nitrogens with one attached hydrogen (secondary N) is 1. The van der Waals surface area contributed by atoms with Crippen LogP contribution in [-0.2, 0) is 0 Å². The van der Waals surface area contributed by atoms with Crippen LogP contribution in [0.3, 0.4) is 0 Å². The van der Waals surface area contributed by atoms with Gasteiger partial charge in [-0.25, -0.2) is 13.2 Å². The highest BCUT2D eigenvalue weighted by Gasteiger charge is 2.19. The lowest BCUT2D eigenvalue weighted by molar-refractivity contribution is 0.553. The Morgan fingerprint density at radius 1 is 1.00 bits per heavy atom. The molecular formula is C15H13BrF3N. The third-order valence-electron chi connectivity index (χ3n) is 3.15. The first-order chi connectivity index (χ1) is 9.43. The van der Waals surface area contributed by atoms with Crippen molar-refractivity contribution in [1.29, 1.82) is 0 Å². The van der Waals surface area contributed by atoms with Crippen LogP contribution in [0.15, 0.2) is 34.8 Å². The van der Waals surface area contributed by atoms with Crippen LogP contribution in [0.25, 0.3) is 0 Å². The molecule has 1 nitrogen and oxygen atoms in total. The third-order valence-corrected chi connectivity index (χ3v) is 3.76. The van der Waals surface area contributed by atoms with Crippen LogP contribution in [0.2, 0.25) is 0 Å². The number of halogens is 4. The van der Waals surface area contributed by atoms with E-state index in [9.17, 15) is 13.2 Å². The van der Waals surface area contributed by atoms with E-state index in [4.69, 9.17) is 0 Å². The fourth-order valence-corrected chi connectivity index (χ4v) is 2.42. The van der Waals surface area contributed by atoms with E-state index in [0.717, 1.165) is 12.1 Å². The second-order valence-electron chi connectivity index (χ2n) is 4.52. The Balaban J connectivity index is 2.52. The monoisotopic (exact) mass is 343 g/mol. The molecule has 0 spiro atoms. The summed E-state index contributed by atoms with van der Waals surface area (Å²) >= 11 is 2.94. The van der Waals surface area contributed by atoms with Gasteiger partial charge in [0.05, 0.1) is 10.5 Å². The molecule has 0 aliphatic heterocycles. The summed E-state index contributed by atoms with van der Waals surface area (Å²) in [6, 6.07) is 6.18. The van der Waals surface area contributed by atoms with Crippen LogP contribution >= 0.6 is 15.9 Å². The summed E-state index contributed by atoms with van der Waals surface area (Å²) in [4.78, 5) is 0. The summed E-state index contributed by atoms with van der Waals surface area (Å²) in [6.45, 7) is 1.63. The number of benzene rings is 2. The molecular weight excluding hydrogens is 331 g/mol. The Labute approximate surface area is 123 Å². The van der Waals surface area contributed by atoms with Gasteiger partial charge in [-0.1, -0.05) is 12.1 Å².